The first-order valence-electron chi connectivity index (χ1n) is 21.6. The van der Waals surface area contributed by atoms with Crippen LogP contribution >= 0.6 is 0 Å². The summed E-state index contributed by atoms with van der Waals surface area (Å²) in [6, 6.07) is 47.0. The van der Waals surface area contributed by atoms with Crippen LogP contribution in [-0.2, 0) is 30.7 Å². The number of hydrogen-bond donors (Lipinski definition) is 0. The number of ketones is 1. The normalized spacial score (nSPS) is 18.7. The number of rotatable bonds is 8. The minimum Gasteiger partial charge on any atom is -0.368 e. The molecule has 4 aliphatic rings. The van der Waals surface area contributed by atoms with Crippen LogP contribution in [-0.4, -0.2) is 50.7 Å². The third-order valence-electron chi connectivity index (χ3n) is 12.9. The molecule has 10 rings (SSSR count). The number of fused-ring (bicyclic) bond motifs is 4. The van der Waals surface area contributed by atoms with Gasteiger partial charge in [-0.2, -0.15) is 0 Å². The van der Waals surface area contributed by atoms with Crippen molar-refractivity contribution < 1.29 is 4.79 Å². The third-order valence-corrected chi connectivity index (χ3v) is 12.9. The van der Waals surface area contributed by atoms with E-state index in [-0.39, 0.29) is 30.0 Å². The van der Waals surface area contributed by atoms with Crippen LogP contribution in [0.2, 0.25) is 0 Å². The van der Waals surface area contributed by atoms with Gasteiger partial charge in [0, 0.05) is 61.8 Å². The fourth-order valence-corrected chi connectivity index (χ4v) is 10.3. The number of pyridine rings is 2. The highest BCUT2D eigenvalue weighted by atomic mass is 16.1. The van der Waals surface area contributed by atoms with Gasteiger partial charge in [0.15, 0.2) is 5.78 Å². The maximum atomic E-state index is 16.9. The fourth-order valence-electron chi connectivity index (χ4n) is 10.3. The summed E-state index contributed by atoms with van der Waals surface area (Å²) < 4.78 is 0. The SMILES string of the molecule is CC(C)N1c2ncccc2C(C(=O)C2=C(N3CCc4ccccc4C3)C(c3ccccc3)N(C(C)C)c3ncccc32)=C(N2CCc3ccccc3C2)C1c1ccccc1. The van der Waals surface area contributed by atoms with Crippen LogP contribution in [0.4, 0.5) is 11.6 Å². The molecule has 4 aromatic carbocycles. The highest BCUT2D eigenvalue weighted by Gasteiger charge is 2.47. The van der Waals surface area contributed by atoms with Gasteiger partial charge in [0.25, 0.3) is 0 Å². The minimum absolute atomic E-state index is 0.0230. The zero-order valence-electron chi connectivity index (χ0n) is 35.0. The molecule has 6 aromatic rings. The number of anilines is 2. The van der Waals surface area contributed by atoms with Crippen LogP contribution in [0.5, 0.6) is 0 Å². The van der Waals surface area contributed by atoms with E-state index in [0.29, 0.717) is 13.1 Å². The van der Waals surface area contributed by atoms with Crippen LogP contribution in [0, 0.1) is 0 Å². The summed E-state index contributed by atoms with van der Waals surface area (Å²) in [6.45, 7) is 12.0. The molecule has 7 nitrogen and oxygen atoms in total. The van der Waals surface area contributed by atoms with E-state index in [2.05, 4.69) is 169 Å². The molecule has 2 unspecified atom stereocenters. The van der Waals surface area contributed by atoms with Crippen molar-refractivity contribution in [2.45, 2.75) is 77.8 Å². The Morgan fingerprint density at radius 1 is 0.500 bits per heavy atom. The molecular formula is C53H52N6O. The predicted octanol–water partition coefficient (Wildman–Crippen LogP) is 10.2. The van der Waals surface area contributed by atoms with Crippen LogP contribution in [0.3, 0.4) is 0 Å². The molecule has 7 heteroatoms. The second-order valence-corrected chi connectivity index (χ2v) is 17.1. The Balaban J connectivity index is 1.30. The molecule has 0 spiro atoms. The first-order valence-corrected chi connectivity index (χ1v) is 21.6. The van der Waals surface area contributed by atoms with Crippen LogP contribution in [0.15, 0.2) is 157 Å². The Morgan fingerprint density at radius 2 is 0.883 bits per heavy atom. The molecule has 0 N–H and O–H groups in total. The van der Waals surface area contributed by atoms with E-state index in [0.717, 1.165) is 82.4 Å². The van der Waals surface area contributed by atoms with Crippen LogP contribution in [0.25, 0.3) is 11.1 Å². The Morgan fingerprint density at radius 3 is 1.28 bits per heavy atom. The molecule has 300 valence electrons. The van der Waals surface area contributed by atoms with Crippen molar-refractivity contribution in [3.63, 3.8) is 0 Å². The first kappa shape index (κ1) is 37.8. The lowest BCUT2D eigenvalue weighted by atomic mass is 9.79. The predicted molar refractivity (Wildman–Crippen MR) is 242 cm³/mol. The van der Waals surface area contributed by atoms with Gasteiger partial charge in [-0.3, -0.25) is 4.79 Å². The Bertz CT molecular complexity index is 2450. The van der Waals surface area contributed by atoms with E-state index < -0.39 is 0 Å². The smallest absolute Gasteiger partial charge is 0.198 e. The number of nitrogens with zero attached hydrogens (tertiary/aromatic N) is 6. The number of hydrogen-bond acceptors (Lipinski definition) is 7. The van der Waals surface area contributed by atoms with Crippen molar-refractivity contribution in [2.75, 3.05) is 22.9 Å². The van der Waals surface area contributed by atoms with E-state index in [1.54, 1.807) is 0 Å². The van der Waals surface area contributed by atoms with Gasteiger partial charge >= 0.3 is 0 Å². The second-order valence-electron chi connectivity index (χ2n) is 17.1. The maximum Gasteiger partial charge on any atom is 0.198 e. The average molecular weight is 789 g/mol. The summed E-state index contributed by atoms with van der Waals surface area (Å²) in [4.78, 5) is 37.1. The standard InChI is InChI=1S/C53H52N6O/c1-35(2)58-47(39-19-7-5-8-20-39)49(56-31-27-37-17-11-13-23-41(37)33-56)45(43-25-15-29-54-52(43)58)51(60)46-44-26-16-30-55-53(44)59(36(3)4)48(40-21-9-6-10-22-40)50(46)57-32-28-38-18-12-14-24-42(38)34-57/h5-26,29-30,35-36,47-48H,27-28,31-34H2,1-4H3. The van der Waals surface area contributed by atoms with Crippen molar-refractivity contribution in [1.29, 1.82) is 0 Å². The molecule has 0 radical (unpaired) electrons. The van der Waals surface area contributed by atoms with Gasteiger partial charge in [-0.15, -0.1) is 0 Å². The largest absolute Gasteiger partial charge is 0.368 e. The zero-order valence-corrected chi connectivity index (χ0v) is 35.0. The highest BCUT2D eigenvalue weighted by molar-refractivity contribution is 6.44. The van der Waals surface area contributed by atoms with Crippen molar-refractivity contribution in [1.82, 2.24) is 19.8 Å². The molecule has 0 bridgehead atoms. The summed E-state index contributed by atoms with van der Waals surface area (Å²) in [7, 11) is 0. The molecule has 60 heavy (non-hydrogen) atoms. The van der Waals surface area contributed by atoms with Gasteiger partial charge in [-0.05, 0) is 98.2 Å². The fraction of sp³-hybridized carbons (Fsp3) is 0.264. The van der Waals surface area contributed by atoms with E-state index in [9.17, 15) is 0 Å². The highest BCUT2D eigenvalue weighted by Crippen LogP contribution is 2.53. The maximum absolute atomic E-state index is 16.9. The van der Waals surface area contributed by atoms with E-state index in [1.165, 1.54) is 22.3 Å². The van der Waals surface area contributed by atoms with Crippen LogP contribution < -0.4 is 9.80 Å². The van der Waals surface area contributed by atoms with Crippen molar-refractivity contribution in [2.24, 2.45) is 0 Å². The van der Waals surface area contributed by atoms with E-state index >= 15 is 4.79 Å². The number of aromatic nitrogens is 2. The Labute approximate surface area is 354 Å². The van der Waals surface area contributed by atoms with Gasteiger partial charge in [0.2, 0.25) is 0 Å². The lowest BCUT2D eigenvalue weighted by molar-refractivity contribution is -0.109. The topological polar surface area (TPSA) is 55.8 Å². The number of allylic oxidation sites excluding steroid dienone is 2. The summed E-state index contributed by atoms with van der Waals surface area (Å²) in [6.07, 6.45) is 5.55. The van der Waals surface area contributed by atoms with E-state index in [1.807, 2.05) is 24.5 Å². The van der Waals surface area contributed by atoms with Gasteiger partial charge in [0.05, 0.1) is 34.6 Å². The molecule has 2 atom stereocenters. The number of carbonyl (C=O) groups excluding carboxylic acids is 1. The van der Waals surface area contributed by atoms with Gasteiger partial charge in [0.1, 0.15) is 11.6 Å². The van der Waals surface area contributed by atoms with Gasteiger partial charge in [-0.25, -0.2) is 9.97 Å². The summed E-state index contributed by atoms with van der Waals surface area (Å²) in [5, 5.41) is 0. The summed E-state index contributed by atoms with van der Waals surface area (Å²) in [5.74, 6) is 1.70. The van der Waals surface area contributed by atoms with Gasteiger partial charge < -0.3 is 19.6 Å². The molecule has 6 heterocycles. The first-order chi connectivity index (χ1) is 29.4. The lowest BCUT2D eigenvalue weighted by Crippen LogP contribution is -2.47. The van der Waals surface area contributed by atoms with E-state index in [4.69, 9.17) is 9.97 Å². The van der Waals surface area contributed by atoms with Crippen molar-refractivity contribution >= 4 is 28.6 Å². The molecule has 0 fully saturated rings. The monoisotopic (exact) mass is 788 g/mol. The molecule has 0 saturated heterocycles. The van der Waals surface area contributed by atoms with Crippen LogP contribution in [0.1, 0.15) is 84.3 Å². The number of Topliss-reactive ketones (excluding diaryl/α,β-unsaturated/α-hetero) is 1. The quantitative estimate of drug-likeness (QED) is 0.152. The molecule has 0 amide bonds. The molecule has 0 saturated carbocycles. The molecule has 0 aliphatic carbocycles. The second kappa shape index (κ2) is 15.6. The Hall–Kier alpha value is -6.47. The Kier molecular flexibility index (Phi) is 9.83. The van der Waals surface area contributed by atoms with Gasteiger partial charge in [-0.1, -0.05) is 109 Å². The number of carbonyl (C=O) groups is 1. The van der Waals surface area contributed by atoms with Crippen molar-refractivity contribution in [3.8, 4) is 0 Å². The summed E-state index contributed by atoms with van der Waals surface area (Å²) >= 11 is 0. The average Bonchev–Trinajstić information content (AvgIpc) is 3.29. The number of benzene rings is 4. The molecule has 4 aliphatic heterocycles. The minimum atomic E-state index is -0.252. The lowest BCUT2D eigenvalue weighted by Gasteiger charge is -2.49. The van der Waals surface area contributed by atoms with Crippen molar-refractivity contribution in [3.05, 3.63) is 202 Å². The third kappa shape index (κ3) is 6.39. The zero-order chi connectivity index (χ0) is 40.9. The summed E-state index contributed by atoms with van der Waals surface area (Å²) in [5.41, 5.74) is 12.9. The molecular weight excluding hydrogens is 737 g/mol. The molecule has 2 aromatic heterocycles.